The fraction of sp³-hybridized carbons (Fsp3) is 0.412. The van der Waals surface area contributed by atoms with E-state index in [-0.39, 0.29) is 5.82 Å². The SMILES string of the molecule is C/C=C1/N=C(c2cccnc2N)N(c2ccc(CN3CCC(Nc4ccnc(C#N)n4)CC3)cc2)C1=NC.CC.CC.CC. The van der Waals surface area contributed by atoms with Crippen LogP contribution >= 0.6 is 0 Å². The summed E-state index contributed by atoms with van der Waals surface area (Å²) in [4.78, 5) is 26.3. The molecule has 5 rings (SSSR count). The number of benzene rings is 1. The maximum Gasteiger partial charge on any atom is 0.234 e. The smallest absolute Gasteiger partial charge is 0.234 e. The normalized spacial score (nSPS) is 16.4. The third-order valence-corrected chi connectivity index (χ3v) is 6.74. The van der Waals surface area contributed by atoms with E-state index in [1.54, 1.807) is 19.4 Å². The molecule has 0 bridgehead atoms. The predicted molar refractivity (Wildman–Crippen MR) is 184 cm³/mol. The molecule has 0 unspecified atom stereocenters. The first-order valence-electron chi connectivity index (χ1n) is 15.6. The number of allylic oxidation sites excluding steroid dienone is 1. The predicted octanol–water partition coefficient (Wildman–Crippen LogP) is 6.68. The van der Waals surface area contributed by atoms with E-state index >= 15 is 0 Å². The van der Waals surface area contributed by atoms with Crippen LogP contribution in [-0.2, 0) is 6.54 Å². The van der Waals surface area contributed by atoms with Crippen LogP contribution in [0.1, 0.15) is 78.3 Å². The maximum absolute atomic E-state index is 9.01. The van der Waals surface area contributed by atoms with E-state index in [4.69, 9.17) is 16.0 Å². The van der Waals surface area contributed by atoms with Crippen molar-refractivity contribution in [3.8, 4) is 6.07 Å². The highest BCUT2D eigenvalue weighted by Gasteiger charge is 2.31. The summed E-state index contributed by atoms with van der Waals surface area (Å²) in [5, 5.41) is 12.5. The summed E-state index contributed by atoms with van der Waals surface area (Å²) < 4.78 is 0. The van der Waals surface area contributed by atoms with Crippen LogP contribution in [-0.4, -0.2) is 57.7 Å². The molecule has 0 amide bonds. The summed E-state index contributed by atoms with van der Waals surface area (Å²) in [6.45, 7) is 16.8. The number of nitrogens with two attached hydrogens (primary N) is 1. The number of nitriles is 1. The quantitative estimate of drug-likeness (QED) is 0.322. The summed E-state index contributed by atoms with van der Waals surface area (Å²) in [6, 6.07) is 16.5. The van der Waals surface area contributed by atoms with Gasteiger partial charge in [0.15, 0.2) is 11.7 Å². The molecule has 2 aliphatic heterocycles. The third-order valence-electron chi connectivity index (χ3n) is 6.74. The number of piperidine rings is 1. The van der Waals surface area contributed by atoms with Crippen LogP contribution in [0.4, 0.5) is 17.3 Å². The van der Waals surface area contributed by atoms with Gasteiger partial charge in [0.1, 0.15) is 23.4 Å². The van der Waals surface area contributed by atoms with Gasteiger partial charge < -0.3 is 11.1 Å². The van der Waals surface area contributed by atoms with Crippen LogP contribution in [0.5, 0.6) is 0 Å². The molecule has 0 aliphatic carbocycles. The molecule has 0 saturated carbocycles. The van der Waals surface area contributed by atoms with Crippen molar-refractivity contribution in [1.29, 1.82) is 5.26 Å². The molecule has 0 atom stereocenters. The number of amidine groups is 2. The van der Waals surface area contributed by atoms with Crippen LogP contribution in [0.3, 0.4) is 0 Å². The molecule has 3 aromatic rings. The molecule has 4 heterocycles. The molecule has 0 radical (unpaired) electrons. The van der Waals surface area contributed by atoms with Gasteiger partial charge in [-0.2, -0.15) is 5.26 Å². The van der Waals surface area contributed by atoms with E-state index in [0.717, 1.165) is 61.1 Å². The number of rotatable bonds is 6. The number of hydrogen-bond acceptors (Lipinski definition) is 9. The highest BCUT2D eigenvalue weighted by molar-refractivity contribution is 6.34. The minimum Gasteiger partial charge on any atom is -0.383 e. The van der Waals surface area contributed by atoms with Crippen LogP contribution in [0, 0.1) is 11.3 Å². The van der Waals surface area contributed by atoms with E-state index < -0.39 is 0 Å². The van der Waals surface area contributed by atoms with Crippen LogP contribution in [0.2, 0.25) is 0 Å². The number of anilines is 3. The Labute approximate surface area is 263 Å². The zero-order valence-corrected chi connectivity index (χ0v) is 27.5. The number of nitrogen functional groups attached to an aromatic ring is 1. The second-order valence-electron chi connectivity index (χ2n) is 9.17. The first-order valence-corrected chi connectivity index (χ1v) is 15.6. The number of aromatic nitrogens is 3. The van der Waals surface area contributed by atoms with E-state index in [1.165, 1.54) is 5.56 Å². The summed E-state index contributed by atoms with van der Waals surface area (Å²) in [5.74, 6) is 2.82. The molecule has 2 aromatic heterocycles. The first kappa shape index (κ1) is 35.6. The second-order valence-corrected chi connectivity index (χ2v) is 9.17. The summed E-state index contributed by atoms with van der Waals surface area (Å²) >= 11 is 0. The van der Waals surface area contributed by atoms with Gasteiger partial charge in [0, 0.05) is 50.8 Å². The average Bonchev–Trinajstić information content (AvgIpc) is 3.47. The number of aliphatic imine (C=N–C) groups is 2. The van der Waals surface area contributed by atoms with Crippen molar-refractivity contribution >= 4 is 29.0 Å². The minimum absolute atomic E-state index is 0.186. The number of hydrogen-bond donors (Lipinski definition) is 2. The van der Waals surface area contributed by atoms with Crippen molar-refractivity contribution in [3.63, 3.8) is 0 Å². The Morgan fingerprint density at radius 3 is 2.27 bits per heavy atom. The number of nitrogens with zero attached hydrogens (tertiary/aromatic N) is 8. The fourth-order valence-electron chi connectivity index (χ4n) is 4.82. The van der Waals surface area contributed by atoms with Crippen molar-refractivity contribution in [3.05, 3.63) is 83.6 Å². The minimum atomic E-state index is 0.186. The van der Waals surface area contributed by atoms with Gasteiger partial charge in [0.25, 0.3) is 0 Å². The van der Waals surface area contributed by atoms with Crippen LogP contribution < -0.4 is 16.0 Å². The van der Waals surface area contributed by atoms with Gasteiger partial charge in [-0.1, -0.05) is 59.8 Å². The summed E-state index contributed by atoms with van der Waals surface area (Å²) in [5.41, 5.74) is 9.99. The Hall–Kier alpha value is -4.62. The second kappa shape index (κ2) is 18.8. The van der Waals surface area contributed by atoms with Crippen molar-refractivity contribution in [2.45, 2.75) is 73.9 Å². The Morgan fingerprint density at radius 2 is 1.68 bits per heavy atom. The Balaban J connectivity index is 0.00000106. The molecule has 1 saturated heterocycles. The standard InChI is InChI=1S/C28H30N10.3C2H6/c1-3-23-28(31-2)38(27(35-23)22-5-4-13-33-26(22)30)21-8-6-19(7-9-21)18-37-15-11-20(12-16-37)34-24-10-14-32-25(17-29)36-24;3*1-2/h3-10,13-14,20H,11-12,15-16,18H2,1-2H3,(H2,30,33)(H,32,34,36);3*1-2H3/b23-3+,31-28?;;;. The topological polar surface area (TPSA) is 132 Å². The monoisotopic (exact) mass is 596 g/mol. The van der Waals surface area contributed by atoms with Crippen molar-refractivity contribution < 1.29 is 0 Å². The molecule has 10 nitrogen and oxygen atoms in total. The molecule has 2 aliphatic rings. The average molecular weight is 597 g/mol. The third kappa shape index (κ3) is 8.94. The fourth-order valence-corrected chi connectivity index (χ4v) is 4.82. The van der Waals surface area contributed by atoms with Crippen LogP contribution in [0.25, 0.3) is 0 Å². The highest BCUT2D eigenvalue weighted by Crippen LogP contribution is 2.29. The number of likely N-dealkylation sites (tertiary alicyclic amines) is 1. The molecule has 1 aromatic carbocycles. The molecule has 44 heavy (non-hydrogen) atoms. The molecular weight excluding hydrogens is 548 g/mol. The lowest BCUT2D eigenvalue weighted by Gasteiger charge is -2.32. The molecule has 1 fully saturated rings. The lowest BCUT2D eigenvalue weighted by atomic mass is 10.0. The number of pyridine rings is 1. The van der Waals surface area contributed by atoms with Gasteiger partial charge in [-0.25, -0.2) is 19.9 Å². The van der Waals surface area contributed by atoms with E-state index in [1.807, 2.05) is 83.7 Å². The zero-order valence-electron chi connectivity index (χ0n) is 27.5. The molecule has 3 N–H and O–H groups in total. The molecule has 10 heteroatoms. The lowest BCUT2D eigenvalue weighted by Crippen LogP contribution is -2.38. The van der Waals surface area contributed by atoms with Crippen molar-refractivity contribution in [2.75, 3.05) is 36.1 Å². The van der Waals surface area contributed by atoms with Gasteiger partial charge in [0.05, 0.1) is 5.56 Å². The van der Waals surface area contributed by atoms with Gasteiger partial charge in [0.2, 0.25) is 5.82 Å². The van der Waals surface area contributed by atoms with E-state index in [2.05, 4.69) is 54.4 Å². The van der Waals surface area contributed by atoms with Gasteiger partial charge in [-0.3, -0.25) is 14.8 Å². The molecule has 0 spiro atoms. The Bertz CT molecular complexity index is 1430. The lowest BCUT2D eigenvalue weighted by molar-refractivity contribution is 0.211. The van der Waals surface area contributed by atoms with Crippen molar-refractivity contribution in [2.24, 2.45) is 9.98 Å². The van der Waals surface area contributed by atoms with E-state index in [0.29, 0.717) is 17.7 Å². The van der Waals surface area contributed by atoms with E-state index in [9.17, 15) is 0 Å². The van der Waals surface area contributed by atoms with Crippen LogP contribution in [0.15, 0.2) is 76.6 Å². The maximum atomic E-state index is 9.01. The van der Waals surface area contributed by atoms with Gasteiger partial charge in [-0.15, -0.1) is 0 Å². The Morgan fingerprint density at radius 1 is 1.00 bits per heavy atom. The molecular formula is C34H48N10. The van der Waals surface area contributed by atoms with Gasteiger partial charge >= 0.3 is 0 Å². The largest absolute Gasteiger partial charge is 0.383 e. The number of nitrogens with one attached hydrogen (secondary N) is 1. The van der Waals surface area contributed by atoms with Crippen molar-refractivity contribution in [1.82, 2.24) is 19.9 Å². The Kier molecular flexibility index (Phi) is 15.2. The highest BCUT2D eigenvalue weighted by atomic mass is 15.3. The van der Waals surface area contributed by atoms with Gasteiger partial charge in [-0.05, 0) is 55.7 Å². The summed E-state index contributed by atoms with van der Waals surface area (Å²) in [6.07, 6.45) is 7.26. The molecule has 234 valence electrons. The first-order chi connectivity index (χ1) is 21.6. The zero-order chi connectivity index (χ0) is 32.5. The summed E-state index contributed by atoms with van der Waals surface area (Å²) in [7, 11) is 1.77.